The number of benzene rings is 1. The molecule has 2 fully saturated rings. The Morgan fingerprint density at radius 1 is 1.18 bits per heavy atom. The molecule has 0 radical (unpaired) electrons. The molecule has 1 aromatic heterocycles. The van der Waals surface area contributed by atoms with Gasteiger partial charge in [0.1, 0.15) is 0 Å². The average Bonchev–Trinajstić information content (AvgIpc) is 3.37. The first-order valence-electron chi connectivity index (χ1n) is 9.50. The summed E-state index contributed by atoms with van der Waals surface area (Å²) in [6.45, 7) is 2.64. The summed E-state index contributed by atoms with van der Waals surface area (Å²) in [4.78, 5) is 37.6. The molecule has 2 saturated heterocycles. The normalized spacial score (nSPS) is 19.3. The maximum atomic E-state index is 12.6. The fourth-order valence-corrected chi connectivity index (χ4v) is 3.75. The Morgan fingerprint density at radius 3 is 2.68 bits per heavy atom. The number of aromatic nitrogens is 2. The van der Waals surface area contributed by atoms with E-state index in [0.29, 0.717) is 24.1 Å². The third-order valence-corrected chi connectivity index (χ3v) is 5.42. The third-order valence-electron chi connectivity index (χ3n) is 5.17. The van der Waals surface area contributed by atoms with Gasteiger partial charge in [0.2, 0.25) is 17.8 Å². The first-order valence-corrected chi connectivity index (χ1v) is 9.88. The maximum absolute atomic E-state index is 12.6. The quantitative estimate of drug-likeness (QED) is 0.835. The van der Waals surface area contributed by atoms with E-state index in [4.69, 9.17) is 11.6 Å². The second kappa shape index (κ2) is 8.14. The highest BCUT2D eigenvalue weighted by molar-refractivity contribution is 6.30. The van der Waals surface area contributed by atoms with Gasteiger partial charge < -0.3 is 15.1 Å². The molecule has 1 atom stereocenters. The zero-order valence-electron chi connectivity index (χ0n) is 15.5. The molecule has 0 aliphatic carbocycles. The van der Waals surface area contributed by atoms with Crippen LogP contribution in [-0.2, 0) is 16.1 Å². The van der Waals surface area contributed by atoms with Crippen molar-refractivity contribution in [1.29, 1.82) is 0 Å². The number of rotatable bonds is 5. The molecule has 1 N–H and O–H groups in total. The van der Waals surface area contributed by atoms with Gasteiger partial charge in [-0.3, -0.25) is 9.59 Å². The molecule has 0 bridgehead atoms. The summed E-state index contributed by atoms with van der Waals surface area (Å²) < 4.78 is 0. The van der Waals surface area contributed by atoms with Crippen LogP contribution in [0.25, 0.3) is 0 Å². The molecular weight excluding hydrogens is 378 g/mol. The van der Waals surface area contributed by atoms with E-state index in [2.05, 4.69) is 20.2 Å². The van der Waals surface area contributed by atoms with Crippen molar-refractivity contribution in [3.8, 4) is 0 Å². The topological polar surface area (TPSA) is 78.4 Å². The number of hydrogen-bond donors (Lipinski definition) is 1. The van der Waals surface area contributed by atoms with Crippen molar-refractivity contribution < 1.29 is 9.59 Å². The lowest BCUT2D eigenvalue weighted by molar-refractivity contribution is -0.126. The monoisotopic (exact) mass is 399 g/mol. The van der Waals surface area contributed by atoms with Crippen molar-refractivity contribution in [2.75, 3.05) is 29.4 Å². The average molecular weight is 400 g/mol. The predicted octanol–water partition coefficient (Wildman–Crippen LogP) is 2.40. The summed E-state index contributed by atoms with van der Waals surface area (Å²) in [5, 5.41) is 3.53. The van der Waals surface area contributed by atoms with Crippen LogP contribution in [0.2, 0.25) is 5.02 Å². The molecular formula is C20H22ClN5O2. The number of nitrogens with one attached hydrogen (secondary N) is 1. The molecule has 7 nitrogen and oxygen atoms in total. The molecule has 28 heavy (non-hydrogen) atoms. The SMILES string of the molecule is O=C(NCc1ccnc(N2CCCC2)n1)C1CC(=O)N(c2ccc(Cl)cc2)C1. The van der Waals surface area contributed by atoms with Gasteiger partial charge in [0, 0.05) is 43.0 Å². The van der Waals surface area contributed by atoms with E-state index < -0.39 is 0 Å². The predicted molar refractivity (Wildman–Crippen MR) is 107 cm³/mol. The van der Waals surface area contributed by atoms with Gasteiger partial charge in [-0.05, 0) is 43.2 Å². The van der Waals surface area contributed by atoms with Crippen LogP contribution in [0.3, 0.4) is 0 Å². The van der Waals surface area contributed by atoms with Gasteiger partial charge in [0.05, 0.1) is 18.2 Å². The van der Waals surface area contributed by atoms with E-state index >= 15 is 0 Å². The smallest absolute Gasteiger partial charge is 0.227 e. The minimum atomic E-state index is -0.372. The highest BCUT2D eigenvalue weighted by atomic mass is 35.5. The van der Waals surface area contributed by atoms with Crippen LogP contribution in [0, 0.1) is 5.92 Å². The maximum Gasteiger partial charge on any atom is 0.227 e. The number of halogens is 1. The number of carbonyl (C=O) groups is 2. The molecule has 3 heterocycles. The third kappa shape index (κ3) is 4.09. The van der Waals surface area contributed by atoms with Crippen molar-refractivity contribution in [2.45, 2.75) is 25.8 Å². The van der Waals surface area contributed by atoms with E-state index in [9.17, 15) is 9.59 Å². The number of anilines is 2. The van der Waals surface area contributed by atoms with Crippen molar-refractivity contribution in [3.63, 3.8) is 0 Å². The fourth-order valence-electron chi connectivity index (χ4n) is 3.63. The zero-order valence-corrected chi connectivity index (χ0v) is 16.2. The Morgan fingerprint density at radius 2 is 1.93 bits per heavy atom. The Balaban J connectivity index is 1.35. The Hall–Kier alpha value is -2.67. The molecule has 8 heteroatoms. The van der Waals surface area contributed by atoms with Crippen LogP contribution in [0.1, 0.15) is 25.0 Å². The number of hydrogen-bond acceptors (Lipinski definition) is 5. The Bertz CT molecular complexity index is 867. The summed E-state index contributed by atoms with van der Waals surface area (Å²) in [7, 11) is 0. The van der Waals surface area contributed by atoms with Gasteiger partial charge in [-0.1, -0.05) is 11.6 Å². The Labute approximate surface area is 168 Å². The number of nitrogens with zero attached hydrogens (tertiary/aromatic N) is 4. The summed E-state index contributed by atoms with van der Waals surface area (Å²) in [6, 6.07) is 8.87. The molecule has 2 amide bonds. The zero-order chi connectivity index (χ0) is 19.5. The van der Waals surface area contributed by atoms with E-state index in [1.165, 1.54) is 0 Å². The largest absolute Gasteiger partial charge is 0.350 e. The highest BCUT2D eigenvalue weighted by Gasteiger charge is 2.35. The molecule has 146 valence electrons. The lowest BCUT2D eigenvalue weighted by Crippen LogP contribution is -2.33. The summed E-state index contributed by atoms with van der Waals surface area (Å²) in [5.41, 5.74) is 1.53. The van der Waals surface area contributed by atoms with Gasteiger partial charge in [-0.25, -0.2) is 9.97 Å². The molecule has 2 aromatic rings. The van der Waals surface area contributed by atoms with Crippen LogP contribution in [-0.4, -0.2) is 41.4 Å². The van der Waals surface area contributed by atoms with Crippen molar-refractivity contribution in [3.05, 3.63) is 47.2 Å². The summed E-state index contributed by atoms with van der Waals surface area (Å²) in [5.74, 6) is 0.157. The molecule has 1 aromatic carbocycles. The van der Waals surface area contributed by atoms with E-state index in [1.54, 1.807) is 41.4 Å². The molecule has 4 rings (SSSR count). The second-order valence-corrected chi connectivity index (χ2v) is 7.58. The fraction of sp³-hybridized carbons (Fsp3) is 0.400. The minimum Gasteiger partial charge on any atom is -0.350 e. The van der Waals surface area contributed by atoms with Crippen LogP contribution in [0.15, 0.2) is 36.5 Å². The summed E-state index contributed by atoms with van der Waals surface area (Å²) >= 11 is 5.90. The summed E-state index contributed by atoms with van der Waals surface area (Å²) in [6.07, 6.45) is 4.25. The molecule has 2 aliphatic heterocycles. The number of carbonyl (C=O) groups excluding carboxylic acids is 2. The molecule has 0 saturated carbocycles. The number of amides is 2. The van der Waals surface area contributed by atoms with Crippen molar-refractivity contribution in [1.82, 2.24) is 15.3 Å². The van der Waals surface area contributed by atoms with Gasteiger partial charge in [-0.2, -0.15) is 0 Å². The van der Waals surface area contributed by atoms with Crippen molar-refractivity contribution >= 4 is 35.1 Å². The van der Waals surface area contributed by atoms with Crippen LogP contribution >= 0.6 is 11.6 Å². The molecule has 2 aliphatic rings. The van der Waals surface area contributed by atoms with E-state index in [-0.39, 0.29) is 24.2 Å². The van der Waals surface area contributed by atoms with E-state index in [1.807, 2.05) is 0 Å². The lowest BCUT2D eigenvalue weighted by Gasteiger charge is -2.17. The van der Waals surface area contributed by atoms with Gasteiger partial charge in [-0.15, -0.1) is 0 Å². The van der Waals surface area contributed by atoms with Crippen LogP contribution in [0.5, 0.6) is 0 Å². The first kappa shape index (κ1) is 18.7. The standard InChI is InChI=1S/C20H22ClN5O2/c21-15-3-5-17(6-4-15)26-13-14(11-18(26)27)19(28)23-12-16-7-8-22-20(24-16)25-9-1-2-10-25/h3-8,14H,1-2,9-13H2,(H,23,28). The van der Waals surface area contributed by atoms with Crippen molar-refractivity contribution in [2.24, 2.45) is 5.92 Å². The minimum absolute atomic E-state index is 0.0548. The van der Waals surface area contributed by atoms with Gasteiger partial charge in [0.25, 0.3) is 0 Å². The Kier molecular flexibility index (Phi) is 5.43. The first-order chi connectivity index (χ1) is 13.6. The van der Waals surface area contributed by atoms with Crippen LogP contribution < -0.4 is 15.1 Å². The van der Waals surface area contributed by atoms with E-state index in [0.717, 1.165) is 37.3 Å². The van der Waals surface area contributed by atoms with Crippen LogP contribution in [0.4, 0.5) is 11.6 Å². The second-order valence-electron chi connectivity index (χ2n) is 7.14. The molecule has 0 spiro atoms. The lowest BCUT2D eigenvalue weighted by atomic mass is 10.1. The highest BCUT2D eigenvalue weighted by Crippen LogP contribution is 2.26. The van der Waals surface area contributed by atoms with Gasteiger partial charge >= 0.3 is 0 Å². The van der Waals surface area contributed by atoms with Gasteiger partial charge in [0.15, 0.2) is 0 Å². The molecule has 1 unspecified atom stereocenters.